The van der Waals surface area contributed by atoms with Crippen molar-refractivity contribution in [1.29, 1.82) is 0 Å². The molecule has 2 aromatic carbocycles. The highest BCUT2D eigenvalue weighted by atomic mass is 16.5. The van der Waals surface area contributed by atoms with Gasteiger partial charge in [0.1, 0.15) is 23.3 Å². The smallest absolute Gasteiger partial charge is 0.243 e. The molecular weight excluding hydrogens is 556 g/mol. The number of hydrogen-bond acceptors (Lipinski definition) is 9. The molecule has 6 rings (SSSR count). The van der Waals surface area contributed by atoms with Crippen LogP contribution < -0.4 is 15.4 Å². The number of benzene rings is 2. The van der Waals surface area contributed by atoms with Crippen molar-refractivity contribution in [1.82, 2.24) is 34.7 Å². The second-order valence-electron chi connectivity index (χ2n) is 10.5. The number of aryl methyl sites for hydroxylation is 2. The molecule has 1 saturated heterocycles. The zero-order valence-electron chi connectivity index (χ0n) is 24.7. The average Bonchev–Trinajstić information content (AvgIpc) is 3.41. The Kier molecular flexibility index (Phi) is 8.85. The minimum atomic E-state index is -0.129. The minimum absolute atomic E-state index is 0.129. The Morgan fingerprint density at radius 3 is 2.77 bits per heavy atom. The van der Waals surface area contributed by atoms with E-state index in [1.807, 2.05) is 85.3 Å². The molecule has 0 radical (unpaired) electrons. The SMILES string of the molecule is Cc1cc(Nc2ncnc3ccc(/C=C/CNC(=O)/C=C/CN4CCOCC4)nc23)ccc1Oc1ccc2c(c1)ncn2C. The van der Waals surface area contributed by atoms with E-state index < -0.39 is 0 Å². The molecule has 11 heteroatoms. The van der Waals surface area contributed by atoms with Gasteiger partial charge in [-0.1, -0.05) is 12.2 Å². The predicted octanol–water partition coefficient (Wildman–Crippen LogP) is 4.77. The number of morpholine rings is 1. The molecule has 0 spiro atoms. The van der Waals surface area contributed by atoms with Crippen molar-refractivity contribution in [3.8, 4) is 11.5 Å². The number of aromatic nitrogens is 5. The predicted molar refractivity (Wildman–Crippen MR) is 171 cm³/mol. The van der Waals surface area contributed by atoms with Crippen molar-refractivity contribution in [2.75, 3.05) is 44.7 Å². The van der Waals surface area contributed by atoms with E-state index in [1.165, 1.54) is 6.33 Å². The Hall–Kier alpha value is -5.13. The first-order valence-electron chi connectivity index (χ1n) is 14.5. The Morgan fingerprint density at radius 2 is 1.91 bits per heavy atom. The number of anilines is 2. The maximum atomic E-state index is 12.1. The van der Waals surface area contributed by atoms with E-state index >= 15 is 0 Å². The van der Waals surface area contributed by atoms with Crippen LogP contribution in [0.25, 0.3) is 28.1 Å². The van der Waals surface area contributed by atoms with Crippen LogP contribution in [0.3, 0.4) is 0 Å². The Morgan fingerprint density at radius 1 is 1.02 bits per heavy atom. The van der Waals surface area contributed by atoms with Crippen LogP contribution in [0, 0.1) is 6.92 Å². The summed E-state index contributed by atoms with van der Waals surface area (Å²) < 4.78 is 13.5. The van der Waals surface area contributed by atoms with E-state index in [2.05, 4.69) is 30.5 Å². The second kappa shape index (κ2) is 13.4. The van der Waals surface area contributed by atoms with Crippen molar-refractivity contribution in [3.05, 3.63) is 90.7 Å². The first kappa shape index (κ1) is 29.0. The summed E-state index contributed by atoms with van der Waals surface area (Å²) in [5, 5.41) is 6.25. The lowest BCUT2D eigenvalue weighted by atomic mass is 10.2. The zero-order valence-corrected chi connectivity index (χ0v) is 24.7. The van der Waals surface area contributed by atoms with Crippen molar-refractivity contribution >= 4 is 45.6 Å². The quantitative estimate of drug-likeness (QED) is 0.222. The molecule has 0 atom stereocenters. The van der Waals surface area contributed by atoms with Gasteiger partial charge in [0, 0.05) is 51.1 Å². The van der Waals surface area contributed by atoms with Crippen LogP contribution in [0.15, 0.2) is 79.4 Å². The highest BCUT2D eigenvalue weighted by Gasteiger charge is 2.10. The maximum Gasteiger partial charge on any atom is 0.243 e. The highest BCUT2D eigenvalue weighted by molar-refractivity contribution is 5.88. The summed E-state index contributed by atoms with van der Waals surface area (Å²) in [4.78, 5) is 32.4. The number of amides is 1. The van der Waals surface area contributed by atoms with Crippen LogP contribution in [0.5, 0.6) is 11.5 Å². The summed E-state index contributed by atoms with van der Waals surface area (Å²) in [5.74, 6) is 1.95. The van der Waals surface area contributed by atoms with Gasteiger partial charge in [-0.2, -0.15) is 0 Å². The molecule has 1 amide bonds. The largest absolute Gasteiger partial charge is 0.457 e. The molecule has 2 N–H and O–H groups in total. The van der Waals surface area contributed by atoms with Gasteiger partial charge in [-0.15, -0.1) is 0 Å². The fourth-order valence-corrected chi connectivity index (χ4v) is 4.91. The number of nitrogens with zero attached hydrogens (tertiary/aromatic N) is 6. The molecular formula is C33H34N8O3. The Bertz CT molecular complexity index is 1840. The normalized spacial score (nSPS) is 14.1. The number of imidazole rings is 1. The number of carbonyl (C=O) groups excluding carboxylic acids is 1. The van der Waals surface area contributed by atoms with Crippen molar-refractivity contribution in [2.45, 2.75) is 6.92 Å². The summed E-state index contributed by atoms with van der Waals surface area (Å²) in [7, 11) is 1.97. The molecule has 0 saturated carbocycles. The minimum Gasteiger partial charge on any atom is -0.457 e. The van der Waals surface area contributed by atoms with Gasteiger partial charge in [0.2, 0.25) is 5.91 Å². The monoisotopic (exact) mass is 590 g/mol. The van der Waals surface area contributed by atoms with Gasteiger partial charge in [-0.05, 0) is 61.0 Å². The summed E-state index contributed by atoms with van der Waals surface area (Å²) >= 11 is 0. The lowest BCUT2D eigenvalue weighted by Gasteiger charge is -2.24. The van der Waals surface area contributed by atoms with Crippen LogP contribution in [-0.4, -0.2) is 74.7 Å². The molecule has 224 valence electrons. The first-order valence-corrected chi connectivity index (χ1v) is 14.5. The number of pyridine rings is 1. The van der Waals surface area contributed by atoms with Gasteiger partial charge in [0.15, 0.2) is 5.82 Å². The molecule has 1 fully saturated rings. The van der Waals surface area contributed by atoms with Crippen LogP contribution >= 0.6 is 0 Å². The third-order valence-corrected chi connectivity index (χ3v) is 7.29. The molecule has 4 heterocycles. The summed E-state index contributed by atoms with van der Waals surface area (Å²) in [6.45, 7) is 6.39. The molecule has 1 aliphatic rings. The highest BCUT2D eigenvalue weighted by Crippen LogP contribution is 2.30. The summed E-state index contributed by atoms with van der Waals surface area (Å²) in [6.07, 6.45) is 10.5. The third-order valence-electron chi connectivity index (χ3n) is 7.29. The van der Waals surface area contributed by atoms with E-state index in [0.29, 0.717) is 17.9 Å². The lowest BCUT2D eigenvalue weighted by Crippen LogP contribution is -2.36. The van der Waals surface area contributed by atoms with E-state index in [9.17, 15) is 4.79 Å². The van der Waals surface area contributed by atoms with Gasteiger partial charge in [-0.3, -0.25) is 9.69 Å². The lowest BCUT2D eigenvalue weighted by molar-refractivity contribution is -0.116. The number of carbonyl (C=O) groups is 1. The molecule has 1 aliphatic heterocycles. The number of fused-ring (bicyclic) bond motifs is 2. The van der Waals surface area contributed by atoms with Crippen molar-refractivity contribution < 1.29 is 14.3 Å². The van der Waals surface area contributed by atoms with Crippen LogP contribution in [0.1, 0.15) is 11.3 Å². The van der Waals surface area contributed by atoms with Gasteiger partial charge in [0.05, 0.1) is 41.8 Å². The van der Waals surface area contributed by atoms with Crippen LogP contribution in [-0.2, 0) is 16.6 Å². The van der Waals surface area contributed by atoms with E-state index in [1.54, 1.807) is 12.4 Å². The molecule has 0 bridgehead atoms. The molecule has 44 heavy (non-hydrogen) atoms. The number of nitrogens with one attached hydrogen (secondary N) is 2. The van der Waals surface area contributed by atoms with Gasteiger partial charge >= 0.3 is 0 Å². The maximum absolute atomic E-state index is 12.1. The fourth-order valence-electron chi connectivity index (χ4n) is 4.91. The van der Waals surface area contributed by atoms with E-state index in [4.69, 9.17) is 14.5 Å². The number of hydrogen-bond donors (Lipinski definition) is 2. The van der Waals surface area contributed by atoms with Crippen LogP contribution in [0.4, 0.5) is 11.5 Å². The molecule has 3 aromatic heterocycles. The molecule has 0 unspecified atom stereocenters. The molecule has 0 aliphatic carbocycles. The van der Waals surface area contributed by atoms with E-state index in [0.717, 1.165) is 77.8 Å². The second-order valence-corrected chi connectivity index (χ2v) is 10.5. The molecule has 5 aromatic rings. The summed E-state index contributed by atoms with van der Waals surface area (Å²) in [5.41, 5.74) is 5.85. The third kappa shape index (κ3) is 7.08. The average molecular weight is 591 g/mol. The zero-order chi connectivity index (χ0) is 30.3. The van der Waals surface area contributed by atoms with Crippen molar-refractivity contribution in [3.63, 3.8) is 0 Å². The number of rotatable bonds is 10. The topological polar surface area (TPSA) is 119 Å². The standard InChI is InChI=1S/C33H34N8O3/c1-23-19-25(8-12-30(23)44-26-9-11-29-28(20-26)37-22-40(29)2)39-33-32-27(35-21-36-33)10-7-24(38-32)5-3-13-34-31(42)6-4-14-41-15-17-43-18-16-41/h3-12,19-22H,13-18H2,1-2H3,(H,34,42)(H,35,36,39)/b5-3+,6-4+. The summed E-state index contributed by atoms with van der Waals surface area (Å²) in [6, 6.07) is 15.5. The molecule has 11 nitrogen and oxygen atoms in total. The van der Waals surface area contributed by atoms with E-state index in [-0.39, 0.29) is 5.91 Å². The number of ether oxygens (including phenoxy) is 2. The van der Waals surface area contributed by atoms with Gasteiger partial charge in [-0.25, -0.2) is 19.9 Å². The Labute approximate surface area is 255 Å². The first-order chi connectivity index (χ1) is 21.5. The Balaban J connectivity index is 1.08. The van der Waals surface area contributed by atoms with Gasteiger partial charge < -0.3 is 24.7 Å². The van der Waals surface area contributed by atoms with Gasteiger partial charge in [0.25, 0.3) is 0 Å². The van der Waals surface area contributed by atoms with Crippen molar-refractivity contribution in [2.24, 2.45) is 7.05 Å². The van der Waals surface area contributed by atoms with Crippen LogP contribution in [0.2, 0.25) is 0 Å². The fraction of sp³-hybridized carbons (Fsp3) is 0.242.